The van der Waals surface area contributed by atoms with E-state index in [1.807, 2.05) is 24.3 Å². The number of furan rings is 1. The normalized spacial score (nSPS) is 18.8. The fourth-order valence-corrected chi connectivity index (χ4v) is 2.59. The van der Waals surface area contributed by atoms with Crippen LogP contribution in [0.2, 0.25) is 0 Å². The molecule has 4 heteroatoms. The van der Waals surface area contributed by atoms with Crippen molar-refractivity contribution in [2.45, 2.75) is 31.8 Å². The summed E-state index contributed by atoms with van der Waals surface area (Å²) in [6.45, 7) is 1.56. The SMILES string of the molecule is O=C(CC1CCCN1)NCc1coc2ccccc12. The number of carbonyl (C=O) groups is 1. The highest BCUT2D eigenvalue weighted by Gasteiger charge is 2.17. The molecule has 1 atom stereocenters. The Labute approximate surface area is 112 Å². The highest BCUT2D eigenvalue weighted by Crippen LogP contribution is 2.20. The Morgan fingerprint density at radius 1 is 1.42 bits per heavy atom. The first-order chi connectivity index (χ1) is 9.33. The molecule has 4 nitrogen and oxygen atoms in total. The third-order valence-corrected chi connectivity index (χ3v) is 3.63. The Hall–Kier alpha value is -1.81. The maximum atomic E-state index is 11.8. The molecule has 2 aromatic rings. The summed E-state index contributed by atoms with van der Waals surface area (Å²) >= 11 is 0. The van der Waals surface area contributed by atoms with Gasteiger partial charge in [-0.05, 0) is 25.5 Å². The van der Waals surface area contributed by atoms with Crippen molar-refractivity contribution in [1.82, 2.24) is 10.6 Å². The van der Waals surface area contributed by atoms with Crippen LogP contribution in [0.15, 0.2) is 34.9 Å². The van der Waals surface area contributed by atoms with Gasteiger partial charge in [-0.15, -0.1) is 0 Å². The largest absolute Gasteiger partial charge is 0.464 e. The van der Waals surface area contributed by atoms with Gasteiger partial charge in [0, 0.05) is 30.0 Å². The van der Waals surface area contributed by atoms with Crippen molar-refractivity contribution in [2.24, 2.45) is 0 Å². The van der Waals surface area contributed by atoms with Crippen LogP contribution in [0.25, 0.3) is 11.0 Å². The number of para-hydroxylation sites is 1. The first-order valence-corrected chi connectivity index (χ1v) is 6.78. The highest BCUT2D eigenvalue weighted by atomic mass is 16.3. The Balaban J connectivity index is 1.58. The molecule has 1 fully saturated rings. The number of hydrogen-bond donors (Lipinski definition) is 2. The van der Waals surface area contributed by atoms with Crippen molar-refractivity contribution in [3.8, 4) is 0 Å². The molecular weight excluding hydrogens is 240 g/mol. The maximum absolute atomic E-state index is 11.8. The minimum absolute atomic E-state index is 0.102. The Morgan fingerprint density at radius 2 is 2.32 bits per heavy atom. The van der Waals surface area contributed by atoms with Crippen molar-refractivity contribution < 1.29 is 9.21 Å². The van der Waals surface area contributed by atoms with E-state index in [9.17, 15) is 4.79 Å². The fourth-order valence-electron chi connectivity index (χ4n) is 2.59. The molecule has 1 unspecified atom stereocenters. The summed E-state index contributed by atoms with van der Waals surface area (Å²) in [5.41, 5.74) is 1.90. The first kappa shape index (κ1) is 12.2. The third kappa shape index (κ3) is 2.79. The summed E-state index contributed by atoms with van der Waals surface area (Å²) in [6.07, 6.45) is 4.56. The van der Waals surface area contributed by atoms with E-state index in [0.29, 0.717) is 19.0 Å². The van der Waals surface area contributed by atoms with E-state index < -0.39 is 0 Å². The zero-order chi connectivity index (χ0) is 13.1. The number of hydrogen-bond acceptors (Lipinski definition) is 3. The van der Waals surface area contributed by atoms with E-state index in [0.717, 1.165) is 29.5 Å². The Kier molecular flexibility index (Phi) is 3.51. The molecule has 3 rings (SSSR count). The predicted molar refractivity (Wildman–Crippen MR) is 73.7 cm³/mol. The molecule has 2 N–H and O–H groups in total. The van der Waals surface area contributed by atoms with Gasteiger partial charge in [-0.25, -0.2) is 0 Å². The van der Waals surface area contributed by atoms with Crippen LogP contribution >= 0.6 is 0 Å². The van der Waals surface area contributed by atoms with Crippen LogP contribution < -0.4 is 10.6 Å². The lowest BCUT2D eigenvalue weighted by Crippen LogP contribution is -2.31. The van der Waals surface area contributed by atoms with Gasteiger partial charge >= 0.3 is 0 Å². The van der Waals surface area contributed by atoms with Crippen molar-refractivity contribution in [2.75, 3.05) is 6.54 Å². The second-order valence-electron chi connectivity index (χ2n) is 5.03. The number of rotatable bonds is 4. The standard InChI is InChI=1S/C15H18N2O2/c18-15(8-12-4-3-7-16-12)17-9-11-10-19-14-6-2-1-5-13(11)14/h1-2,5-6,10,12,16H,3-4,7-9H2,(H,17,18). The zero-order valence-corrected chi connectivity index (χ0v) is 10.8. The molecule has 0 bridgehead atoms. The lowest BCUT2D eigenvalue weighted by atomic mass is 10.1. The number of nitrogens with one attached hydrogen (secondary N) is 2. The number of fused-ring (bicyclic) bond motifs is 1. The van der Waals surface area contributed by atoms with Gasteiger partial charge in [-0.2, -0.15) is 0 Å². The van der Waals surface area contributed by atoms with E-state index in [1.165, 1.54) is 6.42 Å². The molecule has 0 saturated carbocycles. The second kappa shape index (κ2) is 5.45. The van der Waals surface area contributed by atoms with Gasteiger partial charge in [0.15, 0.2) is 0 Å². The molecule has 1 aliphatic heterocycles. The van der Waals surface area contributed by atoms with Crippen LogP contribution in [0, 0.1) is 0 Å². The third-order valence-electron chi connectivity index (χ3n) is 3.63. The van der Waals surface area contributed by atoms with E-state index in [2.05, 4.69) is 10.6 Å². The van der Waals surface area contributed by atoms with Crippen molar-refractivity contribution in [1.29, 1.82) is 0 Å². The summed E-state index contributed by atoms with van der Waals surface area (Å²) in [5.74, 6) is 0.102. The molecule has 100 valence electrons. The molecular formula is C15H18N2O2. The van der Waals surface area contributed by atoms with Crippen LogP contribution in [0.1, 0.15) is 24.8 Å². The second-order valence-corrected chi connectivity index (χ2v) is 5.03. The number of benzene rings is 1. The average Bonchev–Trinajstić information content (AvgIpc) is 3.05. The van der Waals surface area contributed by atoms with Gasteiger partial charge < -0.3 is 15.1 Å². The lowest BCUT2D eigenvalue weighted by molar-refractivity contribution is -0.121. The van der Waals surface area contributed by atoms with Gasteiger partial charge in [0.1, 0.15) is 5.58 Å². The highest BCUT2D eigenvalue weighted by molar-refractivity contribution is 5.82. The molecule has 19 heavy (non-hydrogen) atoms. The monoisotopic (exact) mass is 258 g/mol. The molecule has 0 radical (unpaired) electrons. The first-order valence-electron chi connectivity index (χ1n) is 6.78. The molecule has 1 aromatic carbocycles. The Bertz CT molecular complexity index is 570. The molecule has 1 aliphatic rings. The summed E-state index contributed by atoms with van der Waals surface area (Å²) in [6, 6.07) is 8.22. The summed E-state index contributed by atoms with van der Waals surface area (Å²) < 4.78 is 5.45. The van der Waals surface area contributed by atoms with Crippen molar-refractivity contribution in [3.05, 3.63) is 36.1 Å². The Morgan fingerprint density at radius 3 is 3.16 bits per heavy atom. The lowest BCUT2D eigenvalue weighted by Gasteiger charge is -2.09. The van der Waals surface area contributed by atoms with Gasteiger partial charge in [-0.1, -0.05) is 18.2 Å². The van der Waals surface area contributed by atoms with E-state index in [4.69, 9.17) is 4.42 Å². The van der Waals surface area contributed by atoms with E-state index in [1.54, 1.807) is 6.26 Å². The van der Waals surface area contributed by atoms with Crippen LogP contribution in [-0.2, 0) is 11.3 Å². The summed E-state index contributed by atoms with van der Waals surface area (Å²) in [5, 5.41) is 7.37. The smallest absolute Gasteiger partial charge is 0.221 e. The van der Waals surface area contributed by atoms with Crippen LogP contribution in [0.3, 0.4) is 0 Å². The van der Waals surface area contributed by atoms with Crippen LogP contribution in [-0.4, -0.2) is 18.5 Å². The maximum Gasteiger partial charge on any atom is 0.221 e. The molecule has 1 saturated heterocycles. The predicted octanol–water partition coefficient (Wildman–Crippen LogP) is 2.19. The fraction of sp³-hybridized carbons (Fsp3) is 0.400. The minimum atomic E-state index is 0.102. The van der Waals surface area contributed by atoms with E-state index in [-0.39, 0.29) is 5.91 Å². The van der Waals surface area contributed by atoms with Crippen molar-refractivity contribution in [3.63, 3.8) is 0 Å². The van der Waals surface area contributed by atoms with Crippen LogP contribution in [0.4, 0.5) is 0 Å². The quantitative estimate of drug-likeness (QED) is 0.884. The molecule has 2 heterocycles. The summed E-state index contributed by atoms with van der Waals surface area (Å²) in [7, 11) is 0. The van der Waals surface area contributed by atoms with Gasteiger partial charge in [0.25, 0.3) is 0 Å². The number of carbonyl (C=O) groups excluding carboxylic acids is 1. The summed E-state index contributed by atoms with van der Waals surface area (Å²) in [4.78, 5) is 11.8. The van der Waals surface area contributed by atoms with Crippen molar-refractivity contribution >= 4 is 16.9 Å². The van der Waals surface area contributed by atoms with Gasteiger partial charge in [0.05, 0.1) is 6.26 Å². The molecule has 0 spiro atoms. The molecule has 1 aromatic heterocycles. The molecule has 0 aliphatic carbocycles. The van der Waals surface area contributed by atoms with Gasteiger partial charge in [0.2, 0.25) is 5.91 Å². The zero-order valence-electron chi connectivity index (χ0n) is 10.8. The van der Waals surface area contributed by atoms with E-state index >= 15 is 0 Å². The topological polar surface area (TPSA) is 54.3 Å². The minimum Gasteiger partial charge on any atom is -0.464 e. The van der Waals surface area contributed by atoms with Gasteiger partial charge in [-0.3, -0.25) is 4.79 Å². The average molecular weight is 258 g/mol. The van der Waals surface area contributed by atoms with Crippen LogP contribution in [0.5, 0.6) is 0 Å². The molecule has 1 amide bonds. The number of amides is 1.